The quantitative estimate of drug-likeness (QED) is 0.700. The summed E-state index contributed by atoms with van der Waals surface area (Å²) in [6, 6.07) is 18.4. The molecule has 0 amide bonds. The van der Waals surface area contributed by atoms with Crippen molar-refractivity contribution in [3.8, 4) is 5.75 Å². The molecule has 2 aromatic carbocycles. The van der Waals surface area contributed by atoms with Crippen LogP contribution in [0.25, 0.3) is 0 Å². The van der Waals surface area contributed by atoms with Crippen LogP contribution in [0, 0.1) is 0 Å². The number of benzene rings is 2. The number of aliphatic hydroxyl groups is 1. The SMILES string of the molecule is COc1cccc(CCNCC(O)CCc2ccccc2)c1. The minimum absolute atomic E-state index is 0.300. The third-order valence-corrected chi connectivity index (χ3v) is 3.71. The number of hydrogen-bond donors (Lipinski definition) is 2. The molecule has 0 aliphatic heterocycles. The maximum absolute atomic E-state index is 10.0. The zero-order valence-corrected chi connectivity index (χ0v) is 13.2. The van der Waals surface area contributed by atoms with Gasteiger partial charge in [-0.3, -0.25) is 0 Å². The molecule has 1 atom stereocenters. The summed E-state index contributed by atoms with van der Waals surface area (Å²) in [6.45, 7) is 1.49. The van der Waals surface area contributed by atoms with Gasteiger partial charge in [0.1, 0.15) is 5.75 Å². The van der Waals surface area contributed by atoms with Gasteiger partial charge in [-0.05, 0) is 49.1 Å². The number of ether oxygens (including phenoxy) is 1. The molecule has 0 saturated heterocycles. The summed E-state index contributed by atoms with van der Waals surface area (Å²) in [7, 11) is 1.68. The Morgan fingerprint density at radius 1 is 1.00 bits per heavy atom. The van der Waals surface area contributed by atoms with Crippen molar-refractivity contribution in [1.82, 2.24) is 5.32 Å². The molecule has 0 radical (unpaired) electrons. The van der Waals surface area contributed by atoms with Crippen molar-refractivity contribution >= 4 is 0 Å². The van der Waals surface area contributed by atoms with Crippen molar-refractivity contribution in [2.24, 2.45) is 0 Å². The minimum atomic E-state index is -0.300. The van der Waals surface area contributed by atoms with Crippen LogP contribution in [0.15, 0.2) is 54.6 Å². The van der Waals surface area contributed by atoms with E-state index in [9.17, 15) is 5.11 Å². The summed E-state index contributed by atoms with van der Waals surface area (Å²) in [4.78, 5) is 0. The van der Waals surface area contributed by atoms with Crippen LogP contribution in [-0.2, 0) is 12.8 Å². The zero-order chi connectivity index (χ0) is 15.6. The Morgan fingerprint density at radius 2 is 1.77 bits per heavy atom. The van der Waals surface area contributed by atoms with Crippen molar-refractivity contribution in [1.29, 1.82) is 0 Å². The van der Waals surface area contributed by atoms with Gasteiger partial charge >= 0.3 is 0 Å². The van der Waals surface area contributed by atoms with Crippen LogP contribution in [0.4, 0.5) is 0 Å². The van der Waals surface area contributed by atoms with E-state index in [4.69, 9.17) is 4.74 Å². The van der Waals surface area contributed by atoms with Crippen LogP contribution in [0.1, 0.15) is 17.5 Å². The summed E-state index contributed by atoms with van der Waals surface area (Å²) in [5.74, 6) is 0.889. The van der Waals surface area contributed by atoms with Crippen LogP contribution in [-0.4, -0.2) is 31.4 Å². The second-order valence-electron chi connectivity index (χ2n) is 5.48. The average Bonchev–Trinajstić information content (AvgIpc) is 2.58. The Hall–Kier alpha value is -1.84. The van der Waals surface area contributed by atoms with Crippen molar-refractivity contribution in [3.63, 3.8) is 0 Å². The smallest absolute Gasteiger partial charge is 0.119 e. The van der Waals surface area contributed by atoms with Crippen LogP contribution >= 0.6 is 0 Å². The molecular formula is C19H25NO2. The molecule has 22 heavy (non-hydrogen) atoms. The molecule has 0 aliphatic carbocycles. The fourth-order valence-electron chi connectivity index (χ4n) is 2.41. The van der Waals surface area contributed by atoms with Crippen molar-refractivity contribution in [2.45, 2.75) is 25.4 Å². The van der Waals surface area contributed by atoms with Gasteiger partial charge in [0.05, 0.1) is 13.2 Å². The highest BCUT2D eigenvalue weighted by atomic mass is 16.5. The van der Waals surface area contributed by atoms with E-state index in [1.54, 1.807) is 7.11 Å². The summed E-state index contributed by atoms with van der Waals surface area (Å²) < 4.78 is 5.21. The van der Waals surface area contributed by atoms with Gasteiger partial charge in [0.15, 0.2) is 0 Å². The highest BCUT2D eigenvalue weighted by Crippen LogP contribution is 2.12. The maximum Gasteiger partial charge on any atom is 0.119 e. The van der Waals surface area contributed by atoms with E-state index in [2.05, 4.69) is 23.5 Å². The predicted molar refractivity (Wildman–Crippen MR) is 90.3 cm³/mol. The maximum atomic E-state index is 10.0. The molecule has 3 nitrogen and oxygen atoms in total. The van der Waals surface area contributed by atoms with Crippen LogP contribution < -0.4 is 10.1 Å². The number of hydrogen-bond acceptors (Lipinski definition) is 3. The van der Waals surface area contributed by atoms with Crippen LogP contribution in [0.2, 0.25) is 0 Å². The Labute approximate surface area is 133 Å². The fourth-order valence-corrected chi connectivity index (χ4v) is 2.41. The Kier molecular flexibility index (Phi) is 6.94. The molecule has 0 saturated carbocycles. The fraction of sp³-hybridized carbons (Fsp3) is 0.368. The Morgan fingerprint density at radius 3 is 2.55 bits per heavy atom. The molecule has 0 fully saturated rings. The third kappa shape index (κ3) is 5.88. The summed E-state index contributed by atoms with van der Waals surface area (Å²) in [6.07, 6.45) is 2.34. The van der Waals surface area contributed by atoms with E-state index >= 15 is 0 Å². The lowest BCUT2D eigenvalue weighted by Crippen LogP contribution is -2.28. The standard InChI is InChI=1S/C19H25NO2/c1-22-19-9-5-8-17(14-19)12-13-20-15-18(21)11-10-16-6-3-2-4-7-16/h2-9,14,18,20-21H,10-13,15H2,1H3. The van der Waals surface area contributed by atoms with E-state index < -0.39 is 0 Å². The molecule has 3 heteroatoms. The average molecular weight is 299 g/mol. The first-order chi connectivity index (χ1) is 10.8. The van der Waals surface area contributed by atoms with Crippen LogP contribution in [0.3, 0.4) is 0 Å². The molecule has 2 aromatic rings. The second kappa shape index (κ2) is 9.23. The predicted octanol–water partition coefficient (Wildman–Crippen LogP) is 2.82. The molecule has 0 bridgehead atoms. The minimum Gasteiger partial charge on any atom is -0.497 e. The Balaban J connectivity index is 1.61. The molecule has 1 unspecified atom stereocenters. The highest BCUT2D eigenvalue weighted by Gasteiger charge is 2.04. The lowest BCUT2D eigenvalue weighted by Gasteiger charge is -2.12. The molecule has 2 rings (SSSR count). The number of methoxy groups -OCH3 is 1. The van der Waals surface area contributed by atoms with Gasteiger partial charge in [0.25, 0.3) is 0 Å². The summed E-state index contributed by atoms with van der Waals surface area (Å²) >= 11 is 0. The van der Waals surface area contributed by atoms with Crippen molar-refractivity contribution in [2.75, 3.05) is 20.2 Å². The highest BCUT2D eigenvalue weighted by molar-refractivity contribution is 5.28. The van der Waals surface area contributed by atoms with Crippen LogP contribution in [0.5, 0.6) is 5.75 Å². The van der Waals surface area contributed by atoms with E-state index in [1.165, 1.54) is 11.1 Å². The normalized spacial score (nSPS) is 12.1. The van der Waals surface area contributed by atoms with E-state index in [-0.39, 0.29) is 6.10 Å². The third-order valence-electron chi connectivity index (χ3n) is 3.71. The van der Waals surface area contributed by atoms with Gasteiger partial charge in [-0.25, -0.2) is 0 Å². The number of aliphatic hydroxyl groups excluding tert-OH is 1. The van der Waals surface area contributed by atoms with Crippen molar-refractivity contribution < 1.29 is 9.84 Å². The lowest BCUT2D eigenvalue weighted by molar-refractivity contribution is 0.162. The second-order valence-corrected chi connectivity index (χ2v) is 5.48. The van der Waals surface area contributed by atoms with E-state index in [0.29, 0.717) is 6.54 Å². The molecular weight excluding hydrogens is 274 g/mol. The summed E-state index contributed by atoms with van der Waals surface area (Å²) in [5.41, 5.74) is 2.52. The largest absolute Gasteiger partial charge is 0.497 e. The van der Waals surface area contributed by atoms with Gasteiger partial charge in [-0.1, -0.05) is 42.5 Å². The van der Waals surface area contributed by atoms with E-state index in [0.717, 1.165) is 31.6 Å². The molecule has 2 N–H and O–H groups in total. The molecule has 0 aromatic heterocycles. The van der Waals surface area contributed by atoms with E-state index in [1.807, 2.05) is 36.4 Å². The first kappa shape index (κ1) is 16.5. The molecule has 0 heterocycles. The molecule has 0 aliphatic rings. The van der Waals surface area contributed by atoms with Gasteiger partial charge in [0, 0.05) is 6.54 Å². The Bertz CT molecular complexity index is 542. The lowest BCUT2D eigenvalue weighted by atomic mass is 10.1. The number of aryl methyl sites for hydroxylation is 1. The van der Waals surface area contributed by atoms with Gasteiger partial charge in [-0.15, -0.1) is 0 Å². The molecule has 0 spiro atoms. The summed E-state index contributed by atoms with van der Waals surface area (Å²) in [5, 5.41) is 13.3. The molecule has 118 valence electrons. The first-order valence-electron chi connectivity index (χ1n) is 7.83. The van der Waals surface area contributed by atoms with Crippen molar-refractivity contribution in [3.05, 3.63) is 65.7 Å². The number of rotatable bonds is 9. The van der Waals surface area contributed by atoms with Gasteiger partial charge in [-0.2, -0.15) is 0 Å². The van der Waals surface area contributed by atoms with Gasteiger partial charge in [0.2, 0.25) is 0 Å². The monoisotopic (exact) mass is 299 g/mol. The zero-order valence-electron chi connectivity index (χ0n) is 13.2. The number of nitrogens with one attached hydrogen (secondary N) is 1. The first-order valence-corrected chi connectivity index (χ1v) is 7.83. The van der Waals surface area contributed by atoms with Gasteiger partial charge < -0.3 is 15.2 Å². The topological polar surface area (TPSA) is 41.5 Å².